The Hall–Kier alpha value is -1.39. The van der Waals surface area contributed by atoms with Gasteiger partial charge in [0.25, 0.3) is 0 Å². The first-order valence-electron chi connectivity index (χ1n) is 6.75. The Kier molecular flexibility index (Phi) is 2.64. The van der Waals surface area contributed by atoms with Crippen LogP contribution < -0.4 is 10.6 Å². The van der Waals surface area contributed by atoms with Gasteiger partial charge in [0, 0.05) is 12.3 Å². The smallest absolute Gasteiger partial charge is 0.249 e. The maximum absolute atomic E-state index is 12.1. The third-order valence-electron chi connectivity index (χ3n) is 4.66. The predicted molar refractivity (Wildman–Crippen MR) is 63.3 cm³/mol. The van der Waals surface area contributed by atoms with Crippen molar-refractivity contribution in [2.24, 2.45) is 11.3 Å². The molecule has 3 fully saturated rings. The maximum Gasteiger partial charge on any atom is 0.249 e. The van der Waals surface area contributed by atoms with Gasteiger partial charge in [-0.2, -0.15) is 0 Å². The number of hydrogen-bond acceptors (Lipinski definition) is 3. The van der Waals surface area contributed by atoms with E-state index < -0.39 is 6.04 Å². The van der Waals surface area contributed by atoms with Gasteiger partial charge in [-0.25, -0.2) is 0 Å². The van der Waals surface area contributed by atoms with Crippen molar-refractivity contribution in [2.75, 3.05) is 0 Å². The number of rotatable bonds is 2. The average molecular weight is 250 g/mol. The molecular weight excluding hydrogens is 232 g/mol. The topological polar surface area (TPSA) is 75.3 Å². The molecule has 2 unspecified atom stereocenters. The summed E-state index contributed by atoms with van der Waals surface area (Å²) in [6.07, 6.45) is 6.47. The second-order valence-corrected chi connectivity index (χ2v) is 5.84. The molecule has 0 aromatic rings. The van der Waals surface area contributed by atoms with Crippen LogP contribution in [0.15, 0.2) is 0 Å². The highest BCUT2D eigenvalue weighted by atomic mass is 16.2. The number of amides is 3. The normalized spacial score (nSPS) is 33.3. The minimum atomic E-state index is -0.519. The molecule has 98 valence electrons. The molecule has 0 bridgehead atoms. The van der Waals surface area contributed by atoms with Crippen LogP contribution in [0.2, 0.25) is 0 Å². The van der Waals surface area contributed by atoms with Gasteiger partial charge in [-0.3, -0.25) is 19.7 Å². The van der Waals surface area contributed by atoms with Crippen LogP contribution in [0.5, 0.6) is 0 Å². The van der Waals surface area contributed by atoms with Gasteiger partial charge in [0.15, 0.2) is 0 Å². The van der Waals surface area contributed by atoms with Crippen LogP contribution in [0.1, 0.15) is 44.9 Å². The molecule has 3 amide bonds. The fourth-order valence-corrected chi connectivity index (χ4v) is 3.45. The van der Waals surface area contributed by atoms with Crippen molar-refractivity contribution in [1.82, 2.24) is 10.6 Å². The zero-order valence-electron chi connectivity index (χ0n) is 10.3. The summed E-state index contributed by atoms with van der Waals surface area (Å²) < 4.78 is 0. The summed E-state index contributed by atoms with van der Waals surface area (Å²) in [4.78, 5) is 34.6. The number of hydrogen-bond donors (Lipinski definition) is 2. The van der Waals surface area contributed by atoms with E-state index in [0.29, 0.717) is 12.8 Å². The molecule has 2 saturated carbocycles. The van der Waals surface area contributed by atoms with Crippen LogP contribution in [-0.4, -0.2) is 23.8 Å². The summed E-state index contributed by atoms with van der Waals surface area (Å²) >= 11 is 0. The van der Waals surface area contributed by atoms with Gasteiger partial charge in [0.1, 0.15) is 6.04 Å². The Morgan fingerprint density at radius 2 is 2.00 bits per heavy atom. The van der Waals surface area contributed by atoms with Gasteiger partial charge in [-0.15, -0.1) is 0 Å². The van der Waals surface area contributed by atoms with Gasteiger partial charge in [0.2, 0.25) is 17.7 Å². The molecule has 0 aromatic heterocycles. The van der Waals surface area contributed by atoms with E-state index in [9.17, 15) is 14.4 Å². The van der Waals surface area contributed by atoms with Crippen molar-refractivity contribution in [1.29, 1.82) is 0 Å². The second-order valence-electron chi connectivity index (χ2n) is 5.84. The molecule has 2 aliphatic carbocycles. The average Bonchev–Trinajstić information content (AvgIpc) is 2.81. The van der Waals surface area contributed by atoms with E-state index in [1.54, 1.807) is 0 Å². The number of piperidine rings is 1. The number of imide groups is 1. The highest BCUT2D eigenvalue weighted by Crippen LogP contribution is 2.62. The van der Waals surface area contributed by atoms with Gasteiger partial charge < -0.3 is 5.32 Å². The van der Waals surface area contributed by atoms with E-state index in [0.717, 1.165) is 19.3 Å². The van der Waals surface area contributed by atoms with Gasteiger partial charge >= 0.3 is 0 Å². The SMILES string of the molecule is O=C1CCC(NC(=O)C2CC23CCCC3)C(=O)N1. The standard InChI is InChI=1S/C13H18N2O3/c16-10-4-3-9(12(18)15-10)14-11(17)8-7-13(8)5-1-2-6-13/h8-9H,1-7H2,(H,14,17)(H,15,16,18). The monoisotopic (exact) mass is 250 g/mol. The number of nitrogens with one attached hydrogen (secondary N) is 2. The Morgan fingerprint density at radius 1 is 1.28 bits per heavy atom. The van der Waals surface area contributed by atoms with Crippen LogP contribution in [0, 0.1) is 11.3 Å². The zero-order valence-corrected chi connectivity index (χ0v) is 10.3. The van der Waals surface area contributed by atoms with E-state index in [4.69, 9.17) is 0 Å². The first kappa shape index (κ1) is 11.7. The van der Waals surface area contributed by atoms with Crippen molar-refractivity contribution in [3.63, 3.8) is 0 Å². The summed E-state index contributed by atoms with van der Waals surface area (Å²) in [5.74, 6) is -0.498. The highest BCUT2D eigenvalue weighted by Gasteiger charge is 2.58. The maximum atomic E-state index is 12.1. The number of carbonyl (C=O) groups is 3. The fraction of sp³-hybridized carbons (Fsp3) is 0.769. The van der Waals surface area contributed by atoms with Gasteiger partial charge in [-0.05, 0) is 31.1 Å². The molecule has 2 atom stereocenters. The quantitative estimate of drug-likeness (QED) is 0.700. The lowest BCUT2D eigenvalue weighted by molar-refractivity contribution is -0.137. The zero-order chi connectivity index (χ0) is 12.8. The Labute approximate surface area is 106 Å². The molecule has 1 spiro atoms. The van der Waals surface area contributed by atoms with Gasteiger partial charge in [-0.1, -0.05) is 12.8 Å². The molecule has 5 nitrogen and oxygen atoms in total. The molecule has 3 rings (SSSR count). The van der Waals surface area contributed by atoms with Crippen LogP contribution >= 0.6 is 0 Å². The first-order chi connectivity index (χ1) is 8.61. The molecule has 0 radical (unpaired) electrons. The molecule has 1 heterocycles. The molecule has 5 heteroatoms. The predicted octanol–water partition coefficient (Wildman–Crippen LogP) is 0.488. The van der Waals surface area contributed by atoms with Crippen molar-refractivity contribution in [3.05, 3.63) is 0 Å². The first-order valence-corrected chi connectivity index (χ1v) is 6.75. The van der Waals surface area contributed by atoms with Crippen LogP contribution in [0.3, 0.4) is 0 Å². The van der Waals surface area contributed by atoms with Crippen LogP contribution in [0.4, 0.5) is 0 Å². The van der Waals surface area contributed by atoms with Crippen molar-refractivity contribution < 1.29 is 14.4 Å². The largest absolute Gasteiger partial charge is 0.344 e. The van der Waals surface area contributed by atoms with E-state index in [2.05, 4.69) is 10.6 Å². The second kappa shape index (κ2) is 4.07. The lowest BCUT2D eigenvalue weighted by Gasteiger charge is -2.22. The minimum absolute atomic E-state index is 0.00592. The molecule has 3 aliphatic rings. The minimum Gasteiger partial charge on any atom is -0.344 e. The third-order valence-corrected chi connectivity index (χ3v) is 4.66. The Bertz CT molecular complexity index is 412. The van der Waals surface area contributed by atoms with Crippen LogP contribution in [0.25, 0.3) is 0 Å². The summed E-state index contributed by atoms with van der Waals surface area (Å²) in [6.45, 7) is 0. The van der Waals surface area contributed by atoms with Crippen LogP contribution in [-0.2, 0) is 14.4 Å². The van der Waals surface area contributed by atoms with Crippen molar-refractivity contribution in [2.45, 2.75) is 51.0 Å². The third kappa shape index (κ3) is 1.91. The summed E-state index contributed by atoms with van der Waals surface area (Å²) in [5, 5.41) is 5.06. The molecular formula is C13H18N2O3. The lowest BCUT2D eigenvalue weighted by Crippen LogP contribution is -2.52. The molecule has 18 heavy (non-hydrogen) atoms. The Morgan fingerprint density at radius 3 is 2.67 bits per heavy atom. The Balaban J connectivity index is 1.56. The summed E-state index contributed by atoms with van der Waals surface area (Å²) in [7, 11) is 0. The van der Waals surface area contributed by atoms with Gasteiger partial charge in [0.05, 0.1) is 0 Å². The van der Waals surface area contributed by atoms with Crippen molar-refractivity contribution in [3.8, 4) is 0 Å². The highest BCUT2D eigenvalue weighted by molar-refractivity contribution is 6.02. The number of carbonyl (C=O) groups excluding carboxylic acids is 3. The molecule has 2 N–H and O–H groups in total. The van der Waals surface area contributed by atoms with E-state index in [1.165, 1.54) is 12.8 Å². The lowest BCUT2D eigenvalue weighted by atomic mass is 10.0. The van der Waals surface area contributed by atoms with E-state index in [-0.39, 0.29) is 29.1 Å². The van der Waals surface area contributed by atoms with E-state index >= 15 is 0 Å². The van der Waals surface area contributed by atoms with E-state index in [1.807, 2.05) is 0 Å². The summed E-state index contributed by atoms with van der Waals surface area (Å²) in [5.41, 5.74) is 0.255. The molecule has 1 aliphatic heterocycles. The fourth-order valence-electron chi connectivity index (χ4n) is 3.45. The van der Waals surface area contributed by atoms with Crippen molar-refractivity contribution >= 4 is 17.7 Å². The molecule has 1 saturated heterocycles. The summed E-state index contributed by atoms with van der Waals surface area (Å²) in [6, 6.07) is -0.519. The molecule has 0 aromatic carbocycles.